The molecule has 10 nitrogen and oxygen atoms in total. The molecule has 4 aliphatic rings. The number of ketones is 2. The number of allylic oxidation sites excluding steroid dienone is 2. The highest BCUT2D eigenvalue weighted by Gasteiger charge is 2.58. The van der Waals surface area contributed by atoms with Gasteiger partial charge >= 0.3 is 0 Å². The summed E-state index contributed by atoms with van der Waals surface area (Å²) in [4.78, 5) is 45.6. The Morgan fingerprint density at radius 2 is 1.60 bits per heavy atom. The molecule has 224 valence electrons. The summed E-state index contributed by atoms with van der Waals surface area (Å²) in [6, 6.07) is -2.28. The highest BCUT2D eigenvalue weighted by Crippen LogP contribution is 2.54. The lowest BCUT2D eigenvalue weighted by atomic mass is 9.70. The van der Waals surface area contributed by atoms with E-state index < -0.39 is 24.2 Å². The lowest BCUT2D eigenvalue weighted by Gasteiger charge is -2.57. The number of ether oxygens (including phenoxy) is 5. The minimum atomic E-state index is -0.631. The molecule has 1 fully saturated rings. The molecule has 0 aromatic heterocycles. The fourth-order valence-electron chi connectivity index (χ4n) is 7.20. The Kier molecular flexibility index (Phi) is 8.04. The number of methoxy groups -OCH3 is 3. The van der Waals surface area contributed by atoms with Crippen molar-refractivity contribution in [2.45, 2.75) is 50.9 Å². The average molecular weight is 579 g/mol. The van der Waals surface area contributed by atoms with Crippen LogP contribution in [-0.2, 0) is 30.3 Å². The molecule has 1 aliphatic carbocycles. The third-order valence-electron chi connectivity index (χ3n) is 8.90. The molecule has 3 heterocycles. The molecule has 0 radical (unpaired) electrons. The van der Waals surface area contributed by atoms with Gasteiger partial charge in [-0.3, -0.25) is 19.3 Å². The molecule has 1 aromatic carbocycles. The van der Waals surface area contributed by atoms with Crippen LogP contribution in [0.5, 0.6) is 17.2 Å². The Bertz CT molecular complexity index is 1440. The molecule has 5 rings (SSSR count). The Balaban J connectivity index is 1.77. The molecule has 1 amide bonds. The first kappa shape index (κ1) is 29.6. The maximum atomic E-state index is 14.4. The number of piperazine rings is 1. The summed E-state index contributed by atoms with van der Waals surface area (Å²) in [5, 5.41) is 0. The third kappa shape index (κ3) is 4.19. The fourth-order valence-corrected chi connectivity index (χ4v) is 7.20. The Hall–Kier alpha value is -3.89. The van der Waals surface area contributed by atoms with Crippen LogP contribution in [0.3, 0.4) is 0 Å². The van der Waals surface area contributed by atoms with Crippen LogP contribution in [0, 0.1) is 6.92 Å². The molecule has 3 aliphatic heterocycles. The van der Waals surface area contributed by atoms with Crippen molar-refractivity contribution < 1.29 is 38.1 Å². The number of hydrogen-bond acceptors (Lipinski definition) is 9. The van der Waals surface area contributed by atoms with E-state index in [0.717, 1.165) is 16.7 Å². The zero-order valence-corrected chi connectivity index (χ0v) is 25.1. The van der Waals surface area contributed by atoms with Gasteiger partial charge in [-0.2, -0.15) is 0 Å². The number of benzene rings is 1. The van der Waals surface area contributed by atoms with Crippen LogP contribution in [0.25, 0.3) is 0 Å². The van der Waals surface area contributed by atoms with Crippen molar-refractivity contribution in [2.75, 3.05) is 48.2 Å². The summed E-state index contributed by atoms with van der Waals surface area (Å²) in [6.45, 7) is 11.7. The number of hydrogen-bond donors (Lipinski definition) is 0. The number of fused-ring (bicyclic) bond motifs is 6. The summed E-state index contributed by atoms with van der Waals surface area (Å²) in [7, 11) is 6.41. The first-order chi connectivity index (χ1) is 20.2. The third-order valence-corrected chi connectivity index (χ3v) is 8.90. The van der Waals surface area contributed by atoms with Gasteiger partial charge in [-0.15, -0.1) is 6.58 Å². The van der Waals surface area contributed by atoms with Crippen LogP contribution >= 0.6 is 0 Å². The van der Waals surface area contributed by atoms with E-state index in [9.17, 15) is 14.4 Å². The topological polar surface area (TPSA) is 104 Å². The lowest BCUT2D eigenvalue weighted by Crippen LogP contribution is -2.71. The van der Waals surface area contributed by atoms with Gasteiger partial charge in [0, 0.05) is 39.8 Å². The molecule has 0 spiro atoms. The molecule has 1 aromatic rings. The number of rotatable bonds is 10. The van der Waals surface area contributed by atoms with Gasteiger partial charge in [0.05, 0.1) is 58.7 Å². The van der Waals surface area contributed by atoms with E-state index >= 15 is 0 Å². The Labute approximate surface area is 246 Å². The summed E-state index contributed by atoms with van der Waals surface area (Å²) in [6.07, 6.45) is 3.78. The zero-order chi connectivity index (χ0) is 30.5. The van der Waals surface area contributed by atoms with E-state index in [-0.39, 0.29) is 55.0 Å². The smallest absolute Gasteiger partial charge is 0.241 e. The zero-order valence-electron chi connectivity index (χ0n) is 25.1. The normalized spacial score (nSPS) is 25.1. The van der Waals surface area contributed by atoms with Crippen LogP contribution < -0.4 is 14.2 Å². The van der Waals surface area contributed by atoms with Crippen molar-refractivity contribution in [1.29, 1.82) is 0 Å². The van der Waals surface area contributed by atoms with Crippen molar-refractivity contribution in [3.8, 4) is 17.2 Å². The summed E-state index contributed by atoms with van der Waals surface area (Å²) in [5.41, 5.74) is 3.39. The van der Waals surface area contributed by atoms with Gasteiger partial charge in [0.15, 0.2) is 23.0 Å². The van der Waals surface area contributed by atoms with Crippen LogP contribution in [0.4, 0.5) is 0 Å². The predicted octanol–water partition coefficient (Wildman–Crippen LogP) is 3.03. The first-order valence-electron chi connectivity index (χ1n) is 14.0. The van der Waals surface area contributed by atoms with Crippen LogP contribution in [0.1, 0.15) is 36.1 Å². The second-order valence-electron chi connectivity index (χ2n) is 10.9. The van der Waals surface area contributed by atoms with Gasteiger partial charge in [-0.1, -0.05) is 18.7 Å². The summed E-state index contributed by atoms with van der Waals surface area (Å²) < 4.78 is 29.5. The molecule has 1 saturated heterocycles. The molecule has 2 bridgehead atoms. The molecular formula is C32H38N2O8. The van der Waals surface area contributed by atoms with Crippen molar-refractivity contribution >= 4 is 17.5 Å². The number of Topliss-reactive ketones (excluding diaryl/α,β-unsaturated/α-hetero) is 2. The van der Waals surface area contributed by atoms with E-state index in [4.69, 9.17) is 23.7 Å². The minimum absolute atomic E-state index is 0.0504. The first-order valence-corrected chi connectivity index (χ1v) is 14.0. The number of likely N-dealkylation sites (N-methyl/N-ethyl adjacent to an activating group) is 1. The van der Waals surface area contributed by atoms with Crippen molar-refractivity contribution in [1.82, 2.24) is 9.80 Å². The van der Waals surface area contributed by atoms with Gasteiger partial charge in [-0.05, 0) is 27.3 Å². The van der Waals surface area contributed by atoms with Gasteiger partial charge in [0.25, 0.3) is 0 Å². The number of nitrogens with zero attached hydrogens (tertiary/aromatic N) is 2. The monoisotopic (exact) mass is 578 g/mol. The lowest BCUT2D eigenvalue weighted by molar-refractivity contribution is -0.157. The molecule has 4 atom stereocenters. The van der Waals surface area contributed by atoms with E-state index in [1.54, 1.807) is 33.3 Å². The fraction of sp³-hybridized carbons (Fsp3) is 0.469. The molecular weight excluding hydrogens is 540 g/mol. The second-order valence-corrected chi connectivity index (χ2v) is 10.9. The molecule has 0 unspecified atom stereocenters. The van der Waals surface area contributed by atoms with Crippen LogP contribution in [0.15, 0.2) is 47.8 Å². The maximum absolute atomic E-state index is 14.4. The van der Waals surface area contributed by atoms with Gasteiger partial charge < -0.3 is 28.6 Å². The molecule has 42 heavy (non-hydrogen) atoms. The SMILES string of the molecule is C=CCOC[C@H]1c2c(c(OC)c(C)c(OC)c2OCC=C)C[C@@H]2[C@H]3C4=C(C[C@@H](C(=O)N21)N3C)C(=O)C(C)=C(OC)C4=O. The van der Waals surface area contributed by atoms with E-state index in [1.807, 2.05) is 23.8 Å². The number of carbonyl (C=O) groups is 3. The van der Waals surface area contributed by atoms with E-state index in [1.165, 1.54) is 7.11 Å². The Morgan fingerprint density at radius 3 is 2.21 bits per heavy atom. The largest absolute Gasteiger partial charge is 0.496 e. The summed E-state index contributed by atoms with van der Waals surface area (Å²) in [5.74, 6) is 0.966. The summed E-state index contributed by atoms with van der Waals surface area (Å²) >= 11 is 0. The molecule has 10 heteroatoms. The highest BCUT2D eigenvalue weighted by molar-refractivity contribution is 6.25. The second kappa shape index (κ2) is 11.4. The average Bonchev–Trinajstić information content (AvgIpc) is 2.97. The number of carbonyl (C=O) groups excluding carboxylic acids is 3. The highest BCUT2D eigenvalue weighted by atomic mass is 16.5. The number of amides is 1. The minimum Gasteiger partial charge on any atom is -0.496 e. The van der Waals surface area contributed by atoms with Gasteiger partial charge in [-0.25, -0.2) is 0 Å². The standard InChI is InChI=1S/C32H38N2O8/c1-9-11-41-15-22-23-19(28(38-6)17(4)30(40-8)31(23)42-12-10-2)14-20-25-24-18(13-21(33(25)5)32(37)34(20)22)26(35)16(3)29(39-7)27(24)36/h9-10,20-22,25H,1-2,11-15H2,3-8H3/t20-,21+,22+,25+/m1/s1. The predicted molar refractivity (Wildman–Crippen MR) is 155 cm³/mol. The Morgan fingerprint density at radius 1 is 0.905 bits per heavy atom. The van der Waals surface area contributed by atoms with Gasteiger partial charge in [0.2, 0.25) is 11.7 Å². The maximum Gasteiger partial charge on any atom is 0.241 e. The van der Waals surface area contributed by atoms with Gasteiger partial charge in [0.1, 0.15) is 12.4 Å². The molecule has 0 N–H and O–H groups in total. The molecule has 0 saturated carbocycles. The van der Waals surface area contributed by atoms with E-state index in [0.29, 0.717) is 34.8 Å². The van der Waals surface area contributed by atoms with E-state index in [2.05, 4.69) is 13.2 Å². The van der Waals surface area contributed by atoms with Crippen LogP contribution in [-0.4, -0.2) is 93.6 Å². The van der Waals surface area contributed by atoms with Crippen molar-refractivity contribution in [3.05, 3.63) is 64.5 Å². The van der Waals surface area contributed by atoms with Crippen molar-refractivity contribution in [3.63, 3.8) is 0 Å². The quantitative estimate of drug-likeness (QED) is 0.235. The van der Waals surface area contributed by atoms with Crippen LogP contribution in [0.2, 0.25) is 0 Å². The van der Waals surface area contributed by atoms with Crippen molar-refractivity contribution in [2.24, 2.45) is 0 Å².